The first-order valence-corrected chi connectivity index (χ1v) is 4.71. The standard InChI is InChI=1S/C11H12ClNO/c1-3-11(13-8(2)14)9-4-6-10(12)7-5-9/h3-7H,1-2H3,(H,13,14)/b11-3+. The largest absolute Gasteiger partial charge is 0.326 e. The lowest BCUT2D eigenvalue weighted by Gasteiger charge is -2.07. The van der Waals surface area contributed by atoms with Gasteiger partial charge in [0.1, 0.15) is 0 Å². The summed E-state index contributed by atoms with van der Waals surface area (Å²) in [6, 6.07) is 7.33. The van der Waals surface area contributed by atoms with Crippen LogP contribution in [0.4, 0.5) is 0 Å². The number of benzene rings is 1. The maximum Gasteiger partial charge on any atom is 0.221 e. The van der Waals surface area contributed by atoms with Gasteiger partial charge in [-0.15, -0.1) is 0 Å². The van der Waals surface area contributed by atoms with Gasteiger partial charge >= 0.3 is 0 Å². The lowest BCUT2D eigenvalue weighted by Crippen LogP contribution is -2.17. The summed E-state index contributed by atoms with van der Waals surface area (Å²) in [5, 5.41) is 3.43. The highest BCUT2D eigenvalue weighted by molar-refractivity contribution is 6.30. The molecular formula is C11H12ClNO. The van der Waals surface area contributed by atoms with Crippen molar-refractivity contribution in [1.82, 2.24) is 5.32 Å². The Kier molecular flexibility index (Phi) is 3.72. The van der Waals surface area contributed by atoms with Gasteiger partial charge in [-0.3, -0.25) is 4.79 Å². The normalized spacial score (nSPS) is 11.2. The molecule has 1 N–H and O–H groups in total. The number of rotatable bonds is 2. The molecule has 14 heavy (non-hydrogen) atoms. The predicted molar refractivity (Wildman–Crippen MR) is 58.9 cm³/mol. The third kappa shape index (κ3) is 2.89. The van der Waals surface area contributed by atoms with Crippen LogP contribution in [0.2, 0.25) is 5.02 Å². The van der Waals surface area contributed by atoms with Crippen LogP contribution in [0.25, 0.3) is 5.70 Å². The molecule has 74 valence electrons. The van der Waals surface area contributed by atoms with Crippen LogP contribution in [0.1, 0.15) is 19.4 Å². The van der Waals surface area contributed by atoms with Gasteiger partial charge in [-0.25, -0.2) is 0 Å². The SMILES string of the molecule is C/C=C(/NC(C)=O)c1ccc(Cl)cc1. The zero-order valence-electron chi connectivity index (χ0n) is 8.17. The van der Waals surface area contributed by atoms with Crippen LogP contribution in [-0.4, -0.2) is 5.91 Å². The lowest BCUT2D eigenvalue weighted by molar-refractivity contribution is -0.117. The van der Waals surface area contributed by atoms with Crippen LogP contribution in [0.3, 0.4) is 0 Å². The number of amides is 1. The van der Waals surface area contributed by atoms with Crippen molar-refractivity contribution in [2.45, 2.75) is 13.8 Å². The van der Waals surface area contributed by atoms with Crippen molar-refractivity contribution < 1.29 is 4.79 Å². The Morgan fingerprint density at radius 2 is 1.93 bits per heavy atom. The summed E-state index contributed by atoms with van der Waals surface area (Å²) in [4.78, 5) is 10.9. The fraction of sp³-hybridized carbons (Fsp3) is 0.182. The van der Waals surface area contributed by atoms with Crippen LogP contribution in [0, 0.1) is 0 Å². The number of carbonyl (C=O) groups is 1. The average molecular weight is 210 g/mol. The third-order valence-electron chi connectivity index (χ3n) is 1.75. The van der Waals surface area contributed by atoms with Crippen LogP contribution in [-0.2, 0) is 4.79 Å². The van der Waals surface area contributed by atoms with Gasteiger partial charge in [0.2, 0.25) is 5.91 Å². The number of allylic oxidation sites excluding steroid dienone is 1. The summed E-state index contributed by atoms with van der Waals surface area (Å²) in [5.41, 5.74) is 1.75. The summed E-state index contributed by atoms with van der Waals surface area (Å²) < 4.78 is 0. The summed E-state index contributed by atoms with van der Waals surface area (Å²) in [7, 11) is 0. The molecule has 0 unspecified atom stereocenters. The highest BCUT2D eigenvalue weighted by atomic mass is 35.5. The maximum absolute atomic E-state index is 10.9. The zero-order chi connectivity index (χ0) is 10.6. The van der Waals surface area contributed by atoms with E-state index in [4.69, 9.17) is 11.6 Å². The Morgan fingerprint density at radius 1 is 1.36 bits per heavy atom. The van der Waals surface area contributed by atoms with Crippen molar-refractivity contribution in [2.24, 2.45) is 0 Å². The topological polar surface area (TPSA) is 29.1 Å². The van der Waals surface area contributed by atoms with E-state index in [1.54, 1.807) is 12.1 Å². The Balaban J connectivity index is 2.91. The Labute approximate surface area is 88.6 Å². The van der Waals surface area contributed by atoms with E-state index >= 15 is 0 Å². The second-order valence-corrected chi connectivity index (χ2v) is 3.33. The van der Waals surface area contributed by atoms with E-state index in [-0.39, 0.29) is 5.91 Å². The first-order chi connectivity index (χ1) is 6.63. The molecule has 0 aliphatic rings. The molecule has 1 amide bonds. The fourth-order valence-corrected chi connectivity index (χ4v) is 1.26. The van der Waals surface area contributed by atoms with Crippen molar-refractivity contribution in [1.29, 1.82) is 0 Å². The van der Waals surface area contributed by atoms with E-state index in [0.29, 0.717) is 5.02 Å². The molecule has 0 saturated heterocycles. The molecule has 0 fully saturated rings. The molecule has 0 aromatic heterocycles. The smallest absolute Gasteiger partial charge is 0.221 e. The third-order valence-corrected chi connectivity index (χ3v) is 2.01. The summed E-state index contributed by atoms with van der Waals surface area (Å²) in [6.45, 7) is 3.36. The molecule has 0 atom stereocenters. The molecule has 1 rings (SSSR count). The Hall–Kier alpha value is -1.28. The highest BCUT2D eigenvalue weighted by Crippen LogP contribution is 2.15. The van der Waals surface area contributed by atoms with Gasteiger partial charge in [-0.05, 0) is 24.6 Å². The molecule has 0 radical (unpaired) electrons. The Morgan fingerprint density at radius 3 is 2.36 bits per heavy atom. The number of nitrogens with one attached hydrogen (secondary N) is 1. The van der Waals surface area contributed by atoms with Gasteiger partial charge in [0, 0.05) is 17.6 Å². The number of carbonyl (C=O) groups excluding carboxylic acids is 1. The van der Waals surface area contributed by atoms with E-state index < -0.39 is 0 Å². The van der Waals surface area contributed by atoms with Gasteiger partial charge in [-0.2, -0.15) is 0 Å². The predicted octanol–water partition coefficient (Wildman–Crippen LogP) is 2.84. The second kappa shape index (κ2) is 4.82. The second-order valence-electron chi connectivity index (χ2n) is 2.89. The molecule has 1 aromatic rings. The van der Waals surface area contributed by atoms with Crippen molar-refractivity contribution >= 4 is 23.2 Å². The van der Waals surface area contributed by atoms with Crippen molar-refractivity contribution in [2.75, 3.05) is 0 Å². The van der Waals surface area contributed by atoms with Gasteiger partial charge in [0.25, 0.3) is 0 Å². The molecule has 0 aliphatic heterocycles. The minimum Gasteiger partial charge on any atom is -0.326 e. The fourth-order valence-electron chi connectivity index (χ4n) is 1.13. The summed E-state index contributed by atoms with van der Waals surface area (Å²) in [6.07, 6.45) is 1.85. The molecule has 0 bridgehead atoms. The van der Waals surface area contributed by atoms with Gasteiger partial charge in [0.05, 0.1) is 0 Å². The molecule has 1 aromatic carbocycles. The molecule has 2 nitrogen and oxygen atoms in total. The minimum atomic E-state index is -0.0759. The Bertz CT molecular complexity index is 354. The number of hydrogen-bond acceptors (Lipinski definition) is 1. The number of hydrogen-bond donors (Lipinski definition) is 1. The molecule has 0 saturated carbocycles. The van der Waals surface area contributed by atoms with Crippen LogP contribution in [0.5, 0.6) is 0 Å². The molecule has 0 heterocycles. The average Bonchev–Trinajstić information content (AvgIpc) is 2.15. The maximum atomic E-state index is 10.9. The molecule has 3 heteroatoms. The summed E-state index contributed by atoms with van der Waals surface area (Å²) >= 11 is 5.76. The quantitative estimate of drug-likeness (QED) is 0.798. The van der Waals surface area contributed by atoms with Crippen LogP contribution >= 0.6 is 11.6 Å². The van der Waals surface area contributed by atoms with Crippen LogP contribution in [0.15, 0.2) is 30.3 Å². The highest BCUT2D eigenvalue weighted by Gasteiger charge is 2.01. The van der Waals surface area contributed by atoms with E-state index in [2.05, 4.69) is 5.32 Å². The molecule has 0 spiro atoms. The molecule has 0 aliphatic carbocycles. The number of halogens is 1. The van der Waals surface area contributed by atoms with Gasteiger partial charge in [-0.1, -0.05) is 29.8 Å². The van der Waals surface area contributed by atoms with Gasteiger partial charge < -0.3 is 5.32 Å². The minimum absolute atomic E-state index is 0.0759. The summed E-state index contributed by atoms with van der Waals surface area (Å²) in [5.74, 6) is -0.0759. The first kappa shape index (κ1) is 10.8. The first-order valence-electron chi connectivity index (χ1n) is 4.33. The van der Waals surface area contributed by atoms with Crippen molar-refractivity contribution in [3.8, 4) is 0 Å². The van der Waals surface area contributed by atoms with Gasteiger partial charge in [0.15, 0.2) is 0 Å². The van der Waals surface area contributed by atoms with Crippen molar-refractivity contribution in [3.05, 3.63) is 40.9 Å². The zero-order valence-corrected chi connectivity index (χ0v) is 8.93. The monoisotopic (exact) mass is 209 g/mol. The van der Waals surface area contributed by atoms with Crippen LogP contribution < -0.4 is 5.32 Å². The lowest BCUT2D eigenvalue weighted by atomic mass is 10.1. The molecular weight excluding hydrogens is 198 g/mol. The van der Waals surface area contributed by atoms with E-state index in [1.165, 1.54) is 6.92 Å². The van der Waals surface area contributed by atoms with E-state index in [1.807, 2.05) is 25.1 Å². The van der Waals surface area contributed by atoms with Crippen molar-refractivity contribution in [3.63, 3.8) is 0 Å². The van der Waals surface area contributed by atoms with E-state index in [0.717, 1.165) is 11.3 Å². The van der Waals surface area contributed by atoms with E-state index in [9.17, 15) is 4.79 Å².